The molecule has 4 rings (SSSR count). The highest BCUT2D eigenvalue weighted by Crippen LogP contribution is 2.32. The molecule has 1 N–H and O–H groups in total. The molecule has 1 fully saturated rings. The fourth-order valence-corrected chi connectivity index (χ4v) is 5.50. The molecular formula is C21H24FN3O3S. The van der Waals surface area contributed by atoms with Crippen LogP contribution in [0.5, 0.6) is 0 Å². The van der Waals surface area contributed by atoms with Gasteiger partial charge in [-0.1, -0.05) is 6.07 Å². The largest absolute Gasteiger partial charge is 0.349 e. The summed E-state index contributed by atoms with van der Waals surface area (Å²) in [7, 11) is -3.69. The van der Waals surface area contributed by atoms with Crippen molar-refractivity contribution < 1.29 is 17.6 Å². The number of hydrogen-bond donors (Lipinski definition) is 1. The number of sulfonamides is 1. The molecule has 1 saturated heterocycles. The minimum absolute atomic E-state index is 0.0153. The van der Waals surface area contributed by atoms with Crippen molar-refractivity contribution in [2.75, 3.05) is 13.1 Å². The highest BCUT2D eigenvalue weighted by atomic mass is 32.2. The van der Waals surface area contributed by atoms with Crippen LogP contribution in [0.4, 0.5) is 4.39 Å². The van der Waals surface area contributed by atoms with Crippen LogP contribution in [0.3, 0.4) is 0 Å². The lowest BCUT2D eigenvalue weighted by molar-refractivity contribution is -0.135. The molecule has 1 aromatic heterocycles. The summed E-state index contributed by atoms with van der Waals surface area (Å²) in [4.78, 5) is 16.5. The minimum atomic E-state index is -3.69. The number of amides is 1. The monoisotopic (exact) mass is 417 g/mol. The Kier molecular flexibility index (Phi) is 5.40. The maximum atomic E-state index is 15.2. The van der Waals surface area contributed by atoms with Gasteiger partial charge >= 0.3 is 0 Å². The third-order valence-corrected chi connectivity index (χ3v) is 7.73. The smallest absolute Gasteiger partial charge is 0.258 e. The number of carbonyl (C=O) groups excluding carboxylic acids is 1. The number of piperidine rings is 1. The normalized spacial score (nSPS) is 18.9. The third-order valence-electron chi connectivity index (χ3n) is 5.83. The van der Waals surface area contributed by atoms with Gasteiger partial charge in [0.05, 0.1) is 4.90 Å². The number of rotatable bonds is 5. The third kappa shape index (κ3) is 4.04. The molecule has 0 unspecified atom stereocenters. The quantitative estimate of drug-likeness (QED) is 0.810. The second-order valence-corrected chi connectivity index (χ2v) is 9.63. The maximum absolute atomic E-state index is 15.2. The number of alkyl halides is 1. The molecule has 1 aliphatic heterocycles. The zero-order chi connectivity index (χ0) is 20.5. The fourth-order valence-electron chi connectivity index (χ4n) is 4.01. The minimum Gasteiger partial charge on any atom is -0.349 e. The number of aromatic nitrogens is 1. The molecule has 6 nitrogen and oxygen atoms in total. The summed E-state index contributed by atoms with van der Waals surface area (Å²) in [6, 6.07) is 8.76. The molecule has 2 heterocycles. The second-order valence-electron chi connectivity index (χ2n) is 7.69. The number of halogens is 1. The van der Waals surface area contributed by atoms with E-state index in [1.165, 1.54) is 9.87 Å². The van der Waals surface area contributed by atoms with Crippen LogP contribution in [-0.4, -0.2) is 42.4 Å². The summed E-state index contributed by atoms with van der Waals surface area (Å²) in [5.41, 5.74) is 1.06. The maximum Gasteiger partial charge on any atom is 0.258 e. The topological polar surface area (TPSA) is 79.4 Å². The highest BCUT2D eigenvalue weighted by molar-refractivity contribution is 7.89. The van der Waals surface area contributed by atoms with E-state index < -0.39 is 21.6 Å². The van der Waals surface area contributed by atoms with Crippen molar-refractivity contribution >= 4 is 15.9 Å². The van der Waals surface area contributed by atoms with Gasteiger partial charge in [-0.05, 0) is 60.2 Å². The Morgan fingerprint density at radius 2 is 1.79 bits per heavy atom. The Morgan fingerprint density at radius 3 is 2.52 bits per heavy atom. The molecule has 2 aromatic rings. The molecule has 1 aromatic carbocycles. The van der Waals surface area contributed by atoms with Crippen molar-refractivity contribution in [3.63, 3.8) is 0 Å². The molecule has 1 aliphatic carbocycles. The summed E-state index contributed by atoms with van der Waals surface area (Å²) < 4.78 is 42.4. The lowest BCUT2D eigenvalue weighted by Gasteiger charge is -2.34. The van der Waals surface area contributed by atoms with Crippen molar-refractivity contribution in [3.05, 3.63) is 59.4 Å². The van der Waals surface area contributed by atoms with Crippen LogP contribution in [0.2, 0.25) is 0 Å². The van der Waals surface area contributed by atoms with Gasteiger partial charge in [-0.2, -0.15) is 4.31 Å². The Morgan fingerprint density at radius 1 is 1.10 bits per heavy atom. The molecule has 29 heavy (non-hydrogen) atoms. The Hall–Kier alpha value is -2.32. The average molecular weight is 418 g/mol. The van der Waals surface area contributed by atoms with Crippen LogP contribution in [0, 0.1) is 0 Å². The van der Waals surface area contributed by atoms with Crippen LogP contribution < -0.4 is 5.32 Å². The Bertz CT molecular complexity index is 1000. The van der Waals surface area contributed by atoms with E-state index in [1.54, 1.807) is 36.7 Å². The number of hydrogen-bond acceptors (Lipinski definition) is 4. The van der Waals surface area contributed by atoms with Gasteiger partial charge in [0.25, 0.3) is 5.91 Å². The van der Waals surface area contributed by atoms with Gasteiger partial charge in [-0.25, -0.2) is 12.8 Å². The molecule has 154 valence electrons. The van der Waals surface area contributed by atoms with Gasteiger partial charge in [-0.15, -0.1) is 0 Å². The van der Waals surface area contributed by atoms with Crippen molar-refractivity contribution in [2.45, 2.75) is 49.2 Å². The van der Waals surface area contributed by atoms with Crippen molar-refractivity contribution in [3.8, 4) is 0 Å². The van der Waals surface area contributed by atoms with E-state index in [0.717, 1.165) is 30.4 Å². The molecule has 0 bridgehead atoms. The van der Waals surface area contributed by atoms with E-state index >= 15 is 4.39 Å². The summed E-state index contributed by atoms with van der Waals surface area (Å²) in [6.07, 6.45) is 5.83. The lowest BCUT2D eigenvalue weighted by Crippen LogP contribution is -2.52. The first-order chi connectivity index (χ1) is 13.9. The molecule has 0 saturated carbocycles. The summed E-state index contributed by atoms with van der Waals surface area (Å²) >= 11 is 0. The highest BCUT2D eigenvalue weighted by Gasteiger charge is 2.44. The van der Waals surface area contributed by atoms with E-state index in [2.05, 4.69) is 10.3 Å². The SMILES string of the molecule is O=C(NCc1ccncc1)C1(F)CCN(S(=O)(=O)c2ccc3c(c2)CCC3)CC1. The number of carbonyl (C=O) groups is 1. The van der Waals surface area contributed by atoms with Crippen LogP contribution in [0.15, 0.2) is 47.6 Å². The number of nitrogens with one attached hydrogen (secondary N) is 1. The van der Waals surface area contributed by atoms with E-state index in [-0.39, 0.29) is 37.4 Å². The van der Waals surface area contributed by atoms with Crippen molar-refractivity contribution in [1.29, 1.82) is 0 Å². The zero-order valence-electron chi connectivity index (χ0n) is 16.1. The molecular weight excluding hydrogens is 393 g/mol. The van der Waals surface area contributed by atoms with E-state index in [4.69, 9.17) is 0 Å². The second kappa shape index (κ2) is 7.84. The summed E-state index contributed by atoms with van der Waals surface area (Å²) in [6.45, 7) is 0.182. The number of fused-ring (bicyclic) bond motifs is 1. The Labute approximate surface area is 170 Å². The molecule has 0 atom stereocenters. The van der Waals surface area contributed by atoms with E-state index in [9.17, 15) is 13.2 Å². The van der Waals surface area contributed by atoms with Gasteiger partial charge < -0.3 is 5.32 Å². The number of aryl methyl sites for hydroxylation is 2. The lowest BCUT2D eigenvalue weighted by atomic mass is 9.93. The molecule has 2 aliphatic rings. The summed E-state index contributed by atoms with van der Waals surface area (Å²) in [5.74, 6) is -0.691. The summed E-state index contributed by atoms with van der Waals surface area (Å²) in [5, 5.41) is 2.61. The first-order valence-electron chi connectivity index (χ1n) is 9.87. The Balaban J connectivity index is 1.39. The standard InChI is InChI=1S/C21H24FN3O3S/c22-21(20(26)24-15-16-6-10-23-11-7-16)8-12-25(13-9-21)29(27,28)19-5-4-17-2-1-3-18(17)14-19/h4-7,10-11,14H,1-3,8-9,12-13,15H2,(H,24,26). The number of pyridine rings is 1. The molecule has 1 amide bonds. The first-order valence-corrected chi connectivity index (χ1v) is 11.3. The van der Waals surface area contributed by atoms with Crippen LogP contribution in [0.25, 0.3) is 0 Å². The van der Waals surface area contributed by atoms with Gasteiger partial charge in [0, 0.05) is 44.9 Å². The zero-order valence-corrected chi connectivity index (χ0v) is 16.9. The predicted octanol–water partition coefficient (Wildman–Crippen LogP) is 2.38. The fraction of sp³-hybridized carbons (Fsp3) is 0.429. The van der Waals surface area contributed by atoms with Crippen LogP contribution >= 0.6 is 0 Å². The van der Waals surface area contributed by atoms with Gasteiger partial charge in [0.15, 0.2) is 5.67 Å². The average Bonchev–Trinajstić information content (AvgIpc) is 3.21. The van der Waals surface area contributed by atoms with E-state index in [0.29, 0.717) is 0 Å². The van der Waals surface area contributed by atoms with E-state index in [1.807, 2.05) is 6.07 Å². The van der Waals surface area contributed by atoms with Crippen LogP contribution in [-0.2, 0) is 34.2 Å². The van der Waals surface area contributed by atoms with Gasteiger partial charge in [0.1, 0.15) is 0 Å². The molecule has 8 heteroatoms. The predicted molar refractivity (Wildman–Crippen MR) is 106 cm³/mol. The van der Waals surface area contributed by atoms with Crippen molar-refractivity contribution in [2.24, 2.45) is 0 Å². The number of nitrogens with zero attached hydrogens (tertiary/aromatic N) is 2. The number of benzene rings is 1. The molecule has 0 spiro atoms. The van der Waals surface area contributed by atoms with Crippen molar-refractivity contribution in [1.82, 2.24) is 14.6 Å². The van der Waals surface area contributed by atoms with Crippen LogP contribution in [0.1, 0.15) is 36.0 Å². The first kappa shape index (κ1) is 20.0. The van der Waals surface area contributed by atoms with Gasteiger partial charge in [-0.3, -0.25) is 9.78 Å². The molecule has 0 radical (unpaired) electrons. The van der Waals surface area contributed by atoms with Gasteiger partial charge in [0.2, 0.25) is 10.0 Å².